The Morgan fingerprint density at radius 1 is 1.38 bits per heavy atom. The Kier molecular flexibility index (Phi) is 5.46. The Morgan fingerprint density at radius 2 is 2.10 bits per heavy atom. The maximum atomic E-state index is 12.4. The minimum Gasteiger partial charge on any atom is -0.497 e. The second-order valence-corrected chi connectivity index (χ2v) is 5.59. The van der Waals surface area contributed by atoms with Gasteiger partial charge in [0.05, 0.1) is 7.11 Å². The summed E-state index contributed by atoms with van der Waals surface area (Å²) >= 11 is 1.13. The maximum absolute atomic E-state index is 12.4. The summed E-state index contributed by atoms with van der Waals surface area (Å²) in [7, 11) is 3.15. The molecule has 0 saturated carbocycles. The zero-order valence-electron chi connectivity index (χ0n) is 12.0. The number of hydrogen-bond donors (Lipinski definition) is 1. The molecule has 0 unspecified atom stereocenters. The van der Waals surface area contributed by atoms with Crippen LogP contribution in [-0.2, 0) is 16.1 Å². The predicted molar refractivity (Wildman–Crippen MR) is 80.2 cm³/mol. The number of methoxy groups -OCH3 is 2. The lowest BCUT2D eigenvalue weighted by Gasteiger charge is -2.24. The molecule has 0 radical (unpaired) electrons. The van der Waals surface area contributed by atoms with Crippen LogP contribution in [0.1, 0.15) is 5.56 Å². The van der Waals surface area contributed by atoms with Crippen LogP contribution >= 0.6 is 11.8 Å². The molecule has 2 amide bonds. The number of hydrogen-bond acceptors (Lipinski definition) is 5. The number of rotatable bonds is 6. The molecule has 0 spiro atoms. The molecule has 1 aliphatic rings. The van der Waals surface area contributed by atoms with Crippen molar-refractivity contribution in [3.63, 3.8) is 0 Å². The predicted octanol–water partition coefficient (Wildman–Crippen LogP) is 1.45. The molecule has 1 aliphatic heterocycles. The number of nitrogens with zero attached hydrogens (tertiary/aromatic N) is 1. The van der Waals surface area contributed by atoms with Crippen molar-refractivity contribution in [2.24, 2.45) is 0 Å². The van der Waals surface area contributed by atoms with Crippen LogP contribution in [0.3, 0.4) is 0 Å². The van der Waals surface area contributed by atoms with Crippen LogP contribution in [0, 0.1) is 0 Å². The van der Waals surface area contributed by atoms with Crippen molar-refractivity contribution in [1.82, 2.24) is 10.2 Å². The van der Waals surface area contributed by atoms with E-state index in [-0.39, 0.29) is 17.9 Å². The van der Waals surface area contributed by atoms with Gasteiger partial charge in [-0.25, -0.2) is 0 Å². The average Bonchev–Trinajstić information content (AvgIpc) is 2.93. The molecular weight excluding hydrogens is 292 g/mol. The number of thioether (sulfide) groups is 1. The summed E-state index contributed by atoms with van der Waals surface area (Å²) in [5.74, 6) is 1.09. The minimum absolute atomic E-state index is 0.133. The Labute approximate surface area is 127 Å². The van der Waals surface area contributed by atoms with Crippen molar-refractivity contribution in [2.45, 2.75) is 12.6 Å². The Balaban J connectivity index is 2.03. The van der Waals surface area contributed by atoms with Crippen molar-refractivity contribution < 1.29 is 19.1 Å². The third-order valence-corrected chi connectivity index (χ3v) is 3.98. The number of carbonyl (C=O) groups is 2. The van der Waals surface area contributed by atoms with Crippen molar-refractivity contribution in [2.75, 3.05) is 26.7 Å². The van der Waals surface area contributed by atoms with E-state index >= 15 is 0 Å². The van der Waals surface area contributed by atoms with Crippen molar-refractivity contribution in [3.05, 3.63) is 29.8 Å². The lowest BCUT2D eigenvalue weighted by Crippen LogP contribution is -2.45. The van der Waals surface area contributed by atoms with Gasteiger partial charge >= 0.3 is 0 Å². The van der Waals surface area contributed by atoms with Gasteiger partial charge in [-0.15, -0.1) is 0 Å². The number of ether oxygens (including phenoxy) is 2. The zero-order chi connectivity index (χ0) is 15.2. The first kappa shape index (κ1) is 15.7. The number of carbonyl (C=O) groups excluding carboxylic acids is 2. The van der Waals surface area contributed by atoms with Crippen LogP contribution in [0.5, 0.6) is 5.75 Å². The number of nitrogens with one attached hydrogen (secondary N) is 1. The molecular formula is C14H18N2O4S. The number of benzene rings is 1. The van der Waals surface area contributed by atoms with Gasteiger partial charge in [0.1, 0.15) is 18.5 Å². The lowest BCUT2D eigenvalue weighted by atomic mass is 10.2. The van der Waals surface area contributed by atoms with Gasteiger partial charge in [-0.2, -0.15) is 0 Å². The van der Waals surface area contributed by atoms with Crippen LogP contribution in [0.25, 0.3) is 0 Å². The molecule has 1 N–H and O–H groups in total. The molecule has 1 atom stereocenters. The van der Waals surface area contributed by atoms with Crippen LogP contribution in [0.15, 0.2) is 24.3 Å². The van der Waals surface area contributed by atoms with Gasteiger partial charge in [0.25, 0.3) is 5.24 Å². The minimum atomic E-state index is -0.476. The average molecular weight is 310 g/mol. The topological polar surface area (TPSA) is 67.9 Å². The molecule has 21 heavy (non-hydrogen) atoms. The maximum Gasteiger partial charge on any atom is 0.279 e. The van der Waals surface area contributed by atoms with Crippen LogP contribution in [0.4, 0.5) is 4.79 Å². The van der Waals surface area contributed by atoms with Crippen molar-refractivity contribution in [1.29, 1.82) is 0 Å². The summed E-state index contributed by atoms with van der Waals surface area (Å²) in [6, 6.07) is 7.01. The first-order chi connectivity index (χ1) is 10.1. The van der Waals surface area contributed by atoms with Crippen molar-refractivity contribution >= 4 is 22.9 Å². The monoisotopic (exact) mass is 310 g/mol. The SMILES string of the molecule is COCN(Cc1ccc(OC)cc1)C(=O)[C@@H]1CSC(=O)N1. The molecule has 1 fully saturated rings. The Hall–Kier alpha value is -1.73. The summed E-state index contributed by atoms with van der Waals surface area (Å²) in [6.45, 7) is 0.607. The highest BCUT2D eigenvalue weighted by Crippen LogP contribution is 2.17. The van der Waals surface area contributed by atoms with E-state index in [1.54, 1.807) is 12.0 Å². The summed E-state index contributed by atoms with van der Waals surface area (Å²) in [5.41, 5.74) is 0.971. The highest BCUT2D eigenvalue weighted by molar-refractivity contribution is 8.14. The third kappa shape index (κ3) is 4.12. The summed E-state index contributed by atoms with van der Waals surface area (Å²) in [6.07, 6.45) is 0. The van der Waals surface area contributed by atoms with Crippen LogP contribution < -0.4 is 10.1 Å². The molecule has 6 nitrogen and oxygen atoms in total. The molecule has 114 valence electrons. The van der Waals surface area contributed by atoms with E-state index < -0.39 is 6.04 Å². The molecule has 1 saturated heterocycles. The normalized spacial score (nSPS) is 17.4. The summed E-state index contributed by atoms with van der Waals surface area (Å²) in [4.78, 5) is 25.2. The second-order valence-electron chi connectivity index (χ2n) is 4.60. The van der Waals surface area contributed by atoms with E-state index in [9.17, 15) is 9.59 Å². The standard InChI is InChI=1S/C14H18N2O4S/c1-19-9-16(13(17)12-8-21-14(18)15-12)7-10-3-5-11(20-2)6-4-10/h3-6,12H,7-9H2,1-2H3,(H,15,18)/t12-/m0/s1. The van der Waals surface area contributed by atoms with Gasteiger partial charge < -0.3 is 19.7 Å². The Bertz CT molecular complexity index is 506. The third-order valence-electron chi connectivity index (χ3n) is 3.10. The molecule has 1 aromatic carbocycles. The van der Waals surface area contributed by atoms with Gasteiger partial charge in [0.15, 0.2) is 0 Å². The molecule has 0 aliphatic carbocycles. The highest BCUT2D eigenvalue weighted by atomic mass is 32.2. The van der Waals surface area contributed by atoms with E-state index in [1.165, 1.54) is 7.11 Å². The summed E-state index contributed by atoms with van der Waals surface area (Å²) in [5, 5.41) is 2.50. The first-order valence-corrected chi connectivity index (χ1v) is 7.46. The molecule has 2 rings (SSSR count). The molecule has 0 aromatic heterocycles. The largest absolute Gasteiger partial charge is 0.497 e. The fraction of sp³-hybridized carbons (Fsp3) is 0.429. The second kappa shape index (κ2) is 7.33. The molecule has 1 heterocycles. The van der Waals surface area contributed by atoms with Gasteiger partial charge in [-0.1, -0.05) is 23.9 Å². The Morgan fingerprint density at radius 3 is 2.62 bits per heavy atom. The summed E-state index contributed by atoms with van der Waals surface area (Å²) < 4.78 is 10.2. The van der Waals surface area contributed by atoms with Crippen LogP contribution in [0.2, 0.25) is 0 Å². The molecule has 7 heteroatoms. The van der Waals surface area contributed by atoms with Gasteiger partial charge in [0.2, 0.25) is 5.91 Å². The zero-order valence-corrected chi connectivity index (χ0v) is 12.8. The van der Waals surface area contributed by atoms with E-state index in [4.69, 9.17) is 9.47 Å². The quantitative estimate of drug-likeness (QED) is 0.806. The van der Waals surface area contributed by atoms with Gasteiger partial charge in [-0.05, 0) is 17.7 Å². The molecule has 0 bridgehead atoms. The van der Waals surface area contributed by atoms with Crippen LogP contribution in [-0.4, -0.2) is 48.8 Å². The smallest absolute Gasteiger partial charge is 0.279 e. The fourth-order valence-electron chi connectivity index (χ4n) is 2.03. The van der Waals surface area contributed by atoms with E-state index in [1.807, 2.05) is 24.3 Å². The van der Waals surface area contributed by atoms with E-state index in [2.05, 4.69) is 5.32 Å². The number of amides is 2. The molecule has 1 aromatic rings. The van der Waals surface area contributed by atoms with E-state index in [0.717, 1.165) is 23.1 Å². The lowest BCUT2D eigenvalue weighted by molar-refractivity contribution is -0.138. The highest BCUT2D eigenvalue weighted by Gasteiger charge is 2.31. The van der Waals surface area contributed by atoms with Gasteiger partial charge in [-0.3, -0.25) is 9.59 Å². The van der Waals surface area contributed by atoms with E-state index in [0.29, 0.717) is 12.3 Å². The van der Waals surface area contributed by atoms with Crippen molar-refractivity contribution in [3.8, 4) is 5.75 Å². The van der Waals surface area contributed by atoms with Gasteiger partial charge in [0, 0.05) is 19.4 Å². The first-order valence-electron chi connectivity index (χ1n) is 6.48. The fourth-order valence-corrected chi connectivity index (χ4v) is 2.80.